The zero-order valence-corrected chi connectivity index (χ0v) is 12.6. The Morgan fingerprint density at radius 2 is 2.14 bits per heavy atom. The highest BCUT2D eigenvalue weighted by Gasteiger charge is 2.42. The van der Waals surface area contributed by atoms with Crippen molar-refractivity contribution >= 4 is 11.8 Å². The topological polar surface area (TPSA) is 72.8 Å². The molecule has 0 saturated heterocycles. The Morgan fingerprint density at radius 1 is 1.41 bits per heavy atom. The van der Waals surface area contributed by atoms with Gasteiger partial charge in [-0.1, -0.05) is 6.92 Å². The van der Waals surface area contributed by atoms with Crippen LogP contribution in [0.15, 0.2) is 18.2 Å². The van der Waals surface area contributed by atoms with Gasteiger partial charge < -0.3 is 14.6 Å². The molecule has 1 aromatic rings. The van der Waals surface area contributed by atoms with Crippen molar-refractivity contribution in [1.82, 2.24) is 0 Å². The highest BCUT2D eigenvalue weighted by molar-refractivity contribution is 6.00. The van der Waals surface area contributed by atoms with Crippen LogP contribution < -0.4 is 9.47 Å². The lowest BCUT2D eigenvalue weighted by Crippen LogP contribution is -2.44. The Morgan fingerprint density at radius 3 is 2.82 bits per heavy atom. The second-order valence-electron chi connectivity index (χ2n) is 6.41. The third-order valence-electron chi connectivity index (χ3n) is 4.61. The fourth-order valence-electron chi connectivity index (χ4n) is 3.28. The highest BCUT2D eigenvalue weighted by Crippen LogP contribution is 2.44. The largest absolute Gasteiger partial charge is 0.486 e. The van der Waals surface area contributed by atoms with Crippen LogP contribution in [-0.4, -0.2) is 29.1 Å². The Bertz CT molecular complexity index is 599. The summed E-state index contributed by atoms with van der Waals surface area (Å²) >= 11 is 0. The lowest BCUT2D eigenvalue weighted by Gasteiger charge is -2.42. The number of ether oxygens (including phenoxy) is 2. The number of carbonyl (C=O) groups excluding carboxylic acids is 1. The lowest BCUT2D eigenvalue weighted by atomic mass is 9.75. The summed E-state index contributed by atoms with van der Waals surface area (Å²) in [7, 11) is 0. The normalized spacial score (nSPS) is 27.1. The fraction of sp³-hybridized carbons (Fsp3) is 0.529. The molecule has 1 heterocycles. The van der Waals surface area contributed by atoms with E-state index >= 15 is 0 Å². The molecule has 1 N–H and O–H groups in total. The maximum Gasteiger partial charge on any atom is 0.341 e. The van der Waals surface area contributed by atoms with E-state index in [9.17, 15) is 9.59 Å². The molecule has 5 nitrogen and oxygen atoms in total. The van der Waals surface area contributed by atoms with Gasteiger partial charge in [-0.25, -0.2) is 4.79 Å². The molecular formula is C17H20O5. The minimum Gasteiger partial charge on any atom is -0.486 e. The Kier molecular flexibility index (Phi) is 3.81. The monoisotopic (exact) mass is 304 g/mol. The molecule has 1 aromatic carbocycles. The highest BCUT2D eigenvalue weighted by atomic mass is 16.5. The molecule has 3 rings (SSSR count). The van der Waals surface area contributed by atoms with E-state index in [1.54, 1.807) is 18.2 Å². The molecular weight excluding hydrogens is 284 g/mol. The minimum atomic E-state index is -1.03. The second kappa shape index (κ2) is 5.63. The number of ketones is 1. The third-order valence-corrected chi connectivity index (χ3v) is 4.61. The molecule has 0 atom stereocenters. The summed E-state index contributed by atoms with van der Waals surface area (Å²) in [5.74, 6) is 0.674. The predicted octanol–water partition coefficient (Wildman–Crippen LogP) is 3.06. The number of benzene rings is 1. The van der Waals surface area contributed by atoms with Crippen LogP contribution in [0.4, 0.5) is 0 Å². The fourth-order valence-corrected chi connectivity index (χ4v) is 3.28. The van der Waals surface area contributed by atoms with Gasteiger partial charge in [0.15, 0.2) is 12.4 Å². The zero-order valence-electron chi connectivity index (χ0n) is 12.6. The minimum absolute atomic E-state index is 0.0978. The lowest BCUT2D eigenvalue weighted by molar-refractivity contribution is -0.139. The summed E-state index contributed by atoms with van der Waals surface area (Å²) < 4.78 is 11.3. The molecule has 0 radical (unpaired) electrons. The average Bonchev–Trinajstić information content (AvgIpc) is 2.48. The summed E-state index contributed by atoms with van der Waals surface area (Å²) in [4.78, 5) is 23.0. The Labute approximate surface area is 129 Å². The van der Waals surface area contributed by atoms with E-state index in [1.807, 2.05) is 0 Å². The van der Waals surface area contributed by atoms with Gasteiger partial charge in [0.25, 0.3) is 0 Å². The van der Waals surface area contributed by atoms with Crippen molar-refractivity contribution in [3.63, 3.8) is 0 Å². The Hall–Kier alpha value is -2.04. The van der Waals surface area contributed by atoms with E-state index in [0.717, 1.165) is 25.7 Å². The number of hydrogen-bond donors (Lipinski definition) is 1. The summed E-state index contributed by atoms with van der Waals surface area (Å²) in [6, 6.07) is 4.91. The standard InChI is InChI=1S/C17H20O5/c1-11-4-6-17(7-5-11)9-14(18)13-3-2-12(8-15(13)22-17)21-10-16(19)20/h2-3,8,11H,4-7,9-10H2,1H3,(H,19,20). The summed E-state index contributed by atoms with van der Waals surface area (Å²) in [6.07, 6.45) is 4.34. The molecule has 1 saturated carbocycles. The first-order chi connectivity index (χ1) is 10.5. The molecule has 1 fully saturated rings. The number of Topliss-reactive ketones (excluding diaryl/α,β-unsaturated/α-hetero) is 1. The van der Waals surface area contributed by atoms with Gasteiger partial charge in [-0.2, -0.15) is 0 Å². The van der Waals surface area contributed by atoms with Crippen LogP contribution in [0.25, 0.3) is 0 Å². The van der Waals surface area contributed by atoms with Crippen molar-refractivity contribution < 1.29 is 24.2 Å². The quantitative estimate of drug-likeness (QED) is 0.929. The smallest absolute Gasteiger partial charge is 0.341 e. The summed E-state index contributed by atoms with van der Waals surface area (Å²) in [5.41, 5.74) is 0.175. The van der Waals surface area contributed by atoms with Crippen molar-refractivity contribution in [2.45, 2.75) is 44.6 Å². The van der Waals surface area contributed by atoms with Gasteiger partial charge >= 0.3 is 5.97 Å². The molecule has 2 aliphatic rings. The maximum absolute atomic E-state index is 12.4. The molecule has 1 aliphatic carbocycles. The molecule has 0 amide bonds. The molecule has 118 valence electrons. The van der Waals surface area contributed by atoms with Crippen LogP contribution in [0.3, 0.4) is 0 Å². The molecule has 1 aliphatic heterocycles. The molecule has 0 bridgehead atoms. The number of carboxylic acid groups (broad SMARTS) is 1. The van der Waals surface area contributed by atoms with Gasteiger partial charge in [-0.15, -0.1) is 0 Å². The van der Waals surface area contributed by atoms with E-state index < -0.39 is 12.6 Å². The number of rotatable bonds is 3. The summed E-state index contributed by atoms with van der Waals surface area (Å²) in [6.45, 7) is 1.82. The van der Waals surface area contributed by atoms with Gasteiger partial charge in [-0.3, -0.25) is 4.79 Å². The zero-order chi connectivity index (χ0) is 15.7. The second-order valence-corrected chi connectivity index (χ2v) is 6.41. The number of aliphatic carboxylic acids is 1. The molecule has 5 heteroatoms. The third kappa shape index (κ3) is 2.93. The Balaban J connectivity index is 1.82. The molecule has 0 aromatic heterocycles. The van der Waals surface area contributed by atoms with Crippen LogP contribution >= 0.6 is 0 Å². The van der Waals surface area contributed by atoms with Crippen molar-refractivity contribution in [3.8, 4) is 11.5 Å². The number of carbonyl (C=O) groups is 2. The van der Waals surface area contributed by atoms with Crippen molar-refractivity contribution in [3.05, 3.63) is 23.8 Å². The first kappa shape index (κ1) is 14.9. The van der Waals surface area contributed by atoms with Gasteiger partial charge in [0.05, 0.1) is 12.0 Å². The predicted molar refractivity (Wildman–Crippen MR) is 79.5 cm³/mol. The number of carboxylic acids is 1. The van der Waals surface area contributed by atoms with Crippen LogP contribution in [-0.2, 0) is 4.79 Å². The summed E-state index contributed by atoms with van der Waals surface area (Å²) in [5, 5.41) is 8.67. The van der Waals surface area contributed by atoms with Gasteiger partial charge in [0, 0.05) is 6.07 Å². The molecule has 1 spiro atoms. The van der Waals surface area contributed by atoms with Crippen molar-refractivity contribution in [1.29, 1.82) is 0 Å². The van der Waals surface area contributed by atoms with E-state index in [0.29, 0.717) is 29.4 Å². The van der Waals surface area contributed by atoms with Crippen LogP contribution in [0, 0.1) is 5.92 Å². The molecule has 22 heavy (non-hydrogen) atoms. The van der Waals surface area contributed by atoms with Crippen molar-refractivity contribution in [2.75, 3.05) is 6.61 Å². The van der Waals surface area contributed by atoms with Crippen LogP contribution in [0.5, 0.6) is 11.5 Å². The van der Waals surface area contributed by atoms with E-state index in [2.05, 4.69) is 6.92 Å². The maximum atomic E-state index is 12.4. The first-order valence-electron chi connectivity index (χ1n) is 7.68. The van der Waals surface area contributed by atoms with Gasteiger partial charge in [0.1, 0.15) is 17.1 Å². The van der Waals surface area contributed by atoms with Crippen LogP contribution in [0.1, 0.15) is 49.4 Å². The average molecular weight is 304 g/mol. The van der Waals surface area contributed by atoms with E-state index in [1.165, 1.54) is 0 Å². The van der Waals surface area contributed by atoms with Gasteiger partial charge in [0.2, 0.25) is 0 Å². The number of hydrogen-bond acceptors (Lipinski definition) is 4. The van der Waals surface area contributed by atoms with E-state index in [4.69, 9.17) is 14.6 Å². The molecule has 0 unspecified atom stereocenters. The van der Waals surface area contributed by atoms with E-state index in [-0.39, 0.29) is 11.4 Å². The first-order valence-corrected chi connectivity index (χ1v) is 7.68. The van der Waals surface area contributed by atoms with Crippen LogP contribution in [0.2, 0.25) is 0 Å². The number of fused-ring (bicyclic) bond motifs is 1. The van der Waals surface area contributed by atoms with Crippen molar-refractivity contribution in [2.24, 2.45) is 5.92 Å². The van der Waals surface area contributed by atoms with Gasteiger partial charge in [-0.05, 0) is 43.7 Å². The SMILES string of the molecule is CC1CCC2(CC1)CC(=O)c1ccc(OCC(=O)O)cc1O2.